The van der Waals surface area contributed by atoms with Crippen LogP contribution in [0.3, 0.4) is 0 Å². The molecule has 696 valence electrons. The molecule has 0 bridgehead atoms. The Labute approximate surface area is 718 Å². The number of hydrogen-bond acceptors (Lipinski definition) is 27. The number of likely N-dealkylation sites (tertiary alicyclic amines) is 4. The van der Waals surface area contributed by atoms with Crippen LogP contribution in [-0.4, -0.2) is 268 Å². The van der Waals surface area contributed by atoms with E-state index in [9.17, 15) is 95.0 Å². The molecule has 1 aromatic carbocycles. The van der Waals surface area contributed by atoms with Crippen molar-refractivity contribution in [3.05, 3.63) is 29.8 Å². The van der Waals surface area contributed by atoms with Gasteiger partial charge in [-0.2, -0.15) is 8.42 Å². The predicted molar refractivity (Wildman–Crippen MR) is 448 cm³/mol. The fraction of sp³-hybridized carbons (Fsp3) is 0.723. The average Bonchev–Trinajstić information content (AvgIpc) is 1.62. The van der Waals surface area contributed by atoms with Crippen molar-refractivity contribution in [2.75, 3.05) is 28.4 Å². The molecule has 0 unspecified atom stereocenters. The zero-order valence-electron chi connectivity index (χ0n) is 76.7. The normalized spacial score (nSPS) is 20.5. The second-order valence-electron chi connectivity index (χ2n) is 34.1. The van der Waals surface area contributed by atoms with E-state index >= 15 is 0 Å². The van der Waals surface area contributed by atoms with Gasteiger partial charge in [-0.05, 0) is 226 Å². The summed E-state index contributed by atoms with van der Waals surface area (Å²) in [4.78, 5) is 200. The lowest BCUT2D eigenvalue weighted by molar-refractivity contribution is -0.150. The minimum Gasteiger partial charge on any atom is -0.480 e. The summed E-state index contributed by atoms with van der Waals surface area (Å²) in [6, 6.07) is 1.39. The number of carboxylic acid groups (broad SMARTS) is 2. The Bertz CT molecular complexity index is 3720. The number of alkyl carbamates (subject to hydrolysis) is 4. The standard InChI is InChI=1S/C14H24N2O4.C13H22N2O5.C12H21NO5.C12H21NO3.C11H17NO4.C7H13NO4.C7H13NO.C7H8O3S/c1-8(2)12(15-14(19)20-5)13(18)16-9(3)6-7-11(16)10(4)17;1-7(2)10(14-13(19)20-4)11(16)15-8(3)5-6-9(15)12(17)18;1-8(14)9(6-7-10(15)17-5)13-11(16)18-12(2,3)4;1-8-6-7-10(9(2)14)13(8)11(15)16-12(3,4)5;1-7(13)8-5-6-9(14)12(8)10(15)16-11(2,3)4;1-4(2)5(6(9)10)8-7(11)12-3;1-5-3-4-7(8-5)6(2)9;1-6-2-4-7(5-3-6)11(8,9)10/h8-9,11-12H,6-7H2,1-5H3,(H,15,19);7-10H,5-6H2,1-4H3,(H,14,19)(H,17,18);9H,6-7H2,1-5H3,(H,13,16);8,10H,6-7H2,1-5H3;8H,5-6H2,1-4H3;4-5H,1-3H3,(H,8,11)(H,9,10);5,7-8H,3-4H2,1-2H3;2-5H,1H3,(H,8,9,10)/t9-,11-,12-;8-,9-,10-;9-;8-,10-;8-;5-;5-,7-;/m0000000./s1. The Morgan fingerprint density at radius 2 is 0.852 bits per heavy atom. The number of ether oxygens (including phenoxy) is 7. The van der Waals surface area contributed by atoms with E-state index in [2.05, 4.69) is 52.5 Å². The smallest absolute Gasteiger partial charge is 0.417 e. The van der Waals surface area contributed by atoms with Crippen molar-refractivity contribution < 1.29 is 138 Å². The highest BCUT2D eigenvalue weighted by Gasteiger charge is 2.45. The number of hydrogen-bond donors (Lipinski definition) is 8. The molecule has 5 aliphatic heterocycles. The number of Topliss-reactive ketones (excluding diaryl/α,β-unsaturated/α-hetero) is 5. The second-order valence-corrected chi connectivity index (χ2v) is 35.5. The lowest BCUT2D eigenvalue weighted by atomic mass is 10.0. The Kier molecular flexibility index (Phi) is 49.8. The first-order valence-corrected chi connectivity index (χ1v) is 41.9. The van der Waals surface area contributed by atoms with Gasteiger partial charge in [0.2, 0.25) is 17.7 Å². The first-order valence-electron chi connectivity index (χ1n) is 40.5. The summed E-state index contributed by atoms with van der Waals surface area (Å²) in [5.74, 6) is -3.94. The zero-order chi connectivity index (χ0) is 95.3. The maximum atomic E-state index is 12.7. The number of nitrogens with zero attached hydrogens (tertiary/aromatic N) is 4. The van der Waals surface area contributed by atoms with Gasteiger partial charge >= 0.3 is 54.5 Å². The van der Waals surface area contributed by atoms with Crippen LogP contribution in [0.1, 0.15) is 249 Å². The molecule has 122 heavy (non-hydrogen) atoms. The molecule has 0 aliphatic carbocycles. The molecule has 9 amide bonds. The number of aryl methyl sites for hydroxylation is 1. The van der Waals surface area contributed by atoms with Crippen molar-refractivity contribution in [2.45, 2.75) is 350 Å². The van der Waals surface area contributed by atoms with Crippen molar-refractivity contribution in [1.29, 1.82) is 0 Å². The van der Waals surface area contributed by atoms with E-state index in [1.165, 1.54) is 73.2 Å². The third-order valence-corrected chi connectivity index (χ3v) is 19.9. The summed E-state index contributed by atoms with van der Waals surface area (Å²) >= 11 is 0. The van der Waals surface area contributed by atoms with Crippen molar-refractivity contribution in [3.8, 4) is 0 Å². The van der Waals surface area contributed by atoms with E-state index in [4.69, 9.17) is 23.9 Å². The van der Waals surface area contributed by atoms with E-state index in [1.54, 1.807) is 98.1 Å². The molecule has 39 heteroatoms. The van der Waals surface area contributed by atoms with Crippen molar-refractivity contribution in [3.63, 3.8) is 0 Å². The molecule has 5 heterocycles. The van der Waals surface area contributed by atoms with Crippen LogP contribution in [-0.2, 0) is 96.0 Å². The van der Waals surface area contributed by atoms with Crippen molar-refractivity contribution in [1.82, 2.24) is 46.2 Å². The Balaban J connectivity index is 0. The number of imide groups is 1. The van der Waals surface area contributed by atoms with Gasteiger partial charge in [-0.3, -0.25) is 52.6 Å². The summed E-state index contributed by atoms with van der Waals surface area (Å²) in [5.41, 5.74) is -0.854. The molecule has 5 aliphatic rings. The monoisotopic (exact) mass is 1760 g/mol. The topological polar surface area (TPSA) is 523 Å². The maximum absolute atomic E-state index is 12.7. The van der Waals surface area contributed by atoms with E-state index in [0.717, 1.165) is 42.6 Å². The minimum atomic E-state index is -4.02. The quantitative estimate of drug-likeness (QED) is 0.0342. The molecule has 6 rings (SSSR count). The number of carbonyl (C=O) groups is 17. The number of esters is 1. The lowest BCUT2D eigenvalue weighted by Crippen LogP contribution is -2.55. The van der Waals surface area contributed by atoms with Crippen LogP contribution in [0.15, 0.2) is 29.2 Å². The highest BCUT2D eigenvalue weighted by atomic mass is 32.2. The Hall–Kier alpha value is -9.92. The number of carbonyl (C=O) groups excluding carboxylic acids is 15. The molecule has 1 aromatic rings. The Morgan fingerprint density at radius 1 is 0.475 bits per heavy atom. The van der Waals surface area contributed by atoms with Crippen molar-refractivity contribution in [2.24, 2.45) is 17.8 Å². The molecule has 5 fully saturated rings. The van der Waals surface area contributed by atoms with Crippen LogP contribution < -0.4 is 26.6 Å². The summed E-state index contributed by atoms with van der Waals surface area (Å²) in [5, 5.41) is 30.7. The maximum Gasteiger partial charge on any atom is 0.417 e. The fourth-order valence-corrected chi connectivity index (χ4v) is 13.0. The molecule has 13 atom stereocenters. The lowest BCUT2D eigenvalue weighted by Gasteiger charge is -2.32. The summed E-state index contributed by atoms with van der Waals surface area (Å²) < 4.78 is 62.8. The number of carboxylic acids is 2. The van der Waals surface area contributed by atoms with E-state index in [0.29, 0.717) is 31.7 Å². The van der Waals surface area contributed by atoms with Crippen LogP contribution in [0.2, 0.25) is 0 Å². The number of aliphatic carboxylic acids is 2. The Morgan fingerprint density at radius 3 is 1.17 bits per heavy atom. The highest BCUT2D eigenvalue weighted by molar-refractivity contribution is 7.85. The van der Waals surface area contributed by atoms with Gasteiger partial charge in [0.15, 0.2) is 23.1 Å². The van der Waals surface area contributed by atoms with Crippen molar-refractivity contribution >= 4 is 111 Å². The predicted octanol–water partition coefficient (Wildman–Crippen LogP) is 9.86. The molecule has 0 aromatic heterocycles. The van der Waals surface area contributed by atoms with Gasteiger partial charge < -0.3 is 79.8 Å². The molecule has 0 saturated carbocycles. The van der Waals surface area contributed by atoms with Gasteiger partial charge in [0.25, 0.3) is 10.1 Å². The van der Waals surface area contributed by atoms with E-state index < -0.39 is 112 Å². The molecule has 38 nitrogen and oxygen atoms in total. The summed E-state index contributed by atoms with van der Waals surface area (Å²) in [7, 11) is 0.916. The number of methoxy groups -OCH3 is 4. The van der Waals surface area contributed by atoms with E-state index in [1.807, 2.05) is 62.3 Å². The van der Waals surface area contributed by atoms with Crippen LogP contribution >= 0.6 is 0 Å². The summed E-state index contributed by atoms with van der Waals surface area (Å²) in [6.45, 7) is 43.5. The second kappa shape index (κ2) is 53.2. The van der Waals surface area contributed by atoms with Crippen LogP contribution in [0.4, 0.5) is 28.8 Å². The molecular weight excluding hydrogens is 1620 g/mol. The van der Waals surface area contributed by atoms with Gasteiger partial charge in [0.1, 0.15) is 52.8 Å². The van der Waals surface area contributed by atoms with Gasteiger partial charge in [0, 0.05) is 37.0 Å². The number of nitrogens with one attached hydrogen (secondary N) is 5. The van der Waals surface area contributed by atoms with Gasteiger partial charge in [0.05, 0.1) is 57.5 Å². The fourth-order valence-electron chi connectivity index (χ4n) is 12.5. The zero-order valence-corrected chi connectivity index (χ0v) is 77.5. The number of amides is 9. The number of rotatable bonds is 20. The van der Waals surface area contributed by atoms with Gasteiger partial charge in [-0.15, -0.1) is 0 Å². The van der Waals surface area contributed by atoms with Gasteiger partial charge in [-0.25, -0.2) is 43.3 Å². The first-order chi connectivity index (χ1) is 55.9. The third-order valence-electron chi connectivity index (χ3n) is 19.0. The SMILES string of the molecule is CC(=O)[C@@H]1CCC(=O)N1C(=O)OC(C)(C)C.CC(=O)[C@@H]1CC[C@H](C)N1.CC(=O)[C@@H]1CC[C@H](C)N1C(=O)OC(C)(C)C.COC(=O)CC[C@H](NC(=O)OC(C)(C)C)C(C)=O.COC(=O)N[C@H](C(=O)N1[C@@H](C)CC[C@H]1C(=O)O)C(C)C.COC(=O)N[C@H](C(=O)N1[C@@H](C)CC[C@H]1C(C)=O)C(C)C.COC(=O)N[C@H](C(=O)O)C(C)C.Cc1ccc(S(=O)(=O)O)cc1. The van der Waals surface area contributed by atoms with E-state index in [-0.39, 0.29) is 131 Å². The van der Waals surface area contributed by atoms with Crippen LogP contribution in [0.5, 0.6) is 0 Å². The molecule has 5 saturated heterocycles. The minimum absolute atomic E-state index is 0.0109. The first kappa shape index (κ1) is 114. The van der Waals surface area contributed by atoms with Crippen LogP contribution in [0, 0.1) is 24.7 Å². The third kappa shape index (κ3) is 42.7. The number of ketones is 5. The van der Waals surface area contributed by atoms with Crippen LogP contribution in [0.25, 0.3) is 0 Å². The molecule has 0 spiro atoms. The highest BCUT2D eigenvalue weighted by Crippen LogP contribution is 2.30. The average molecular weight is 1760 g/mol. The number of benzene rings is 1. The largest absolute Gasteiger partial charge is 0.480 e. The molecule has 0 radical (unpaired) electrons. The molecular formula is C83H139N9O29S. The summed E-state index contributed by atoms with van der Waals surface area (Å²) in [6.07, 6.45) is 3.39. The molecule has 8 N–H and O–H groups in total. The van der Waals surface area contributed by atoms with Gasteiger partial charge in [-0.1, -0.05) is 59.2 Å².